The molecule has 2 saturated heterocycles. The van der Waals surface area contributed by atoms with Crippen LogP contribution in [-0.2, 0) is 11.3 Å². The Bertz CT molecular complexity index is 1380. The van der Waals surface area contributed by atoms with Gasteiger partial charge in [-0.1, -0.05) is 84.9 Å². The molecule has 2 atom stereocenters. The number of halogens is 2. The number of carbonyl (C=O) groups excluding carboxylic acids is 1. The fourth-order valence-corrected chi connectivity index (χ4v) is 6.44. The molecule has 2 aliphatic rings. The fourth-order valence-electron chi connectivity index (χ4n) is 6.44. The van der Waals surface area contributed by atoms with Crippen LogP contribution in [0.3, 0.4) is 0 Å². The molecule has 0 bridgehead atoms. The van der Waals surface area contributed by atoms with E-state index in [9.17, 15) is 13.6 Å². The van der Waals surface area contributed by atoms with E-state index in [4.69, 9.17) is 0 Å². The van der Waals surface area contributed by atoms with E-state index in [1.807, 2.05) is 17.0 Å². The summed E-state index contributed by atoms with van der Waals surface area (Å²) in [4.78, 5) is 20.7. The van der Waals surface area contributed by atoms with Gasteiger partial charge in [-0.25, -0.2) is 8.78 Å². The Morgan fingerprint density at radius 2 is 1.24 bits per heavy atom. The summed E-state index contributed by atoms with van der Waals surface area (Å²) in [6.45, 7) is 4.19. The largest absolute Gasteiger partial charge is 0.339 e. The van der Waals surface area contributed by atoms with E-state index in [2.05, 4.69) is 58.3 Å². The summed E-state index contributed by atoms with van der Waals surface area (Å²) in [5, 5.41) is 0. The predicted molar refractivity (Wildman–Crippen MR) is 157 cm³/mol. The Morgan fingerprint density at radius 1 is 0.707 bits per heavy atom. The van der Waals surface area contributed by atoms with Crippen molar-refractivity contribution in [2.24, 2.45) is 0 Å². The monoisotopic (exact) mass is 551 g/mol. The number of hydrogen-bond donors (Lipinski definition) is 0. The molecule has 1 amide bonds. The number of benzene rings is 4. The molecule has 2 fully saturated rings. The lowest BCUT2D eigenvalue weighted by molar-refractivity contribution is -0.138. The van der Waals surface area contributed by atoms with Gasteiger partial charge in [-0.3, -0.25) is 14.6 Å². The van der Waals surface area contributed by atoms with Crippen LogP contribution in [0.4, 0.5) is 8.78 Å². The van der Waals surface area contributed by atoms with Crippen molar-refractivity contribution < 1.29 is 13.6 Å². The van der Waals surface area contributed by atoms with Crippen LogP contribution in [0.2, 0.25) is 0 Å². The van der Waals surface area contributed by atoms with Crippen molar-refractivity contribution >= 4 is 5.91 Å². The number of rotatable bonds is 7. The van der Waals surface area contributed by atoms with Crippen molar-refractivity contribution in [1.29, 1.82) is 0 Å². The molecular formula is C35H35F2N3O. The standard InChI is InChI=1S/C35H35F2N3O/c36-31-15-11-28(12-16-31)34(29-13-17-32(37)18-14-29)38-19-21-39(22-20-38)35(41)33-23-30(27-9-5-2-6-10-27)25-40(33)24-26-7-3-1-4-8-26/h1-18,30,33-34H,19-25H2/t30-,33+/m1/s1. The third-order valence-corrected chi connectivity index (χ3v) is 8.55. The molecule has 0 aromatic heterocycles. The van der Waals surface area contributed by atoms with Crippen LogP contribution in [0.25, 0.3) is 0 Å². The zero-order valence-electron chi connectivity index (χ0n) is 23.1. The average Bonchev–Trinajstić information content (AvgIpc) is 3.44. The van der Waals surface area contributed by atoms with Crippen molar-refractivity contribution in [2.75, 3.05) is 32.7 Å². The Kier molecular flexibility index (Phi) is 8.21. The Labute approximate surface area is 240 Å². The van der Waals surface area contributed by atoms with E-state index in [1.54, 1.807) is 24.3 Å². The van der Waals surface area contributed by atoms with E-state index < -0.39 is 0 Å². The first kappa shape index (κ1) is 27.3. The molecule has 4 nitrogen and oxygen atoms in total. The van der Waals surface area contributed by atoms with Crippen LogP contribution in [0, 0.1) is 11.6 Å². The highest BCUT2D eigenvalue weighted by Crippen LogP contribution is 2.35. The van der Waals surface area contributed by atoms with Crippen LogP contribution in [0.1, 0.15) is 40.6 Å². The highest BCUT2D eigenvalue weighted by molar-refractivity contribution is 5.82. The van der Waals surface area contributed by atoms with Gasteiger partial charge in [0, 0.05) is 39.3 Å². The number of carbonyl (C=O) groups is 1. The second-order valence-electron chi connectivity index (χ2n) is 11.1. The first-order chi connectivity index (χ1) is 20.0. The molecule has 210 valence electrons. The molecule has 0 N–H and O–H groups in total. The highest BCUT2D eigenvalue weighted by Gasteiger charge is 2.40. The van der Waals surface area contributed by atoms with Crippen LogP contribution >= 0.6 is 0 Å². The first-order valence-electron chi connectivity index (χ1n) is 14.4. The topological polar surface area (TPSA) is 26.8 Å². The summed E-state index contributed by atoms with van der Waals surface area (Å²) in [7, 11) is 0. The molecule has 0 radical (unpaired) electrons. The maximum atomic E-state index is 14.1. The van der Waals surface area contributed by atoms with Gasteiger partial charge < -0.3 is 4.90 Å². The number of likely N-dealkylation sites (tertiary alicyclic amines) is 1. The van der Waals surface area contributed by atoms with Crippen molar-refractivity contribution in [1.82, 2.24) is 14.7 Å². The summed E-state index contributed by atoms with van der Waals surface area (Å²) in [5.41, 5.74) is 4.40. The van der Waals surface area contributed by atoms with E-state index in [0.29, 0.717) is 32.1 Å². The Balaban J connectivity index is 1.18. The van der Waals surface area contributed by atoms with Gasteiger partial charge in [0.05, 0.1) is 12.1 Å². The third-order valence-electron chi connectivity index (χ3n) is 8.55. The second-order valence-corrected chi connectivity index (χ2v) is 11.1. The van der Waals surface area contributed by atoms with Crippen LogP contribution < -0.4 is 0 Å². The average molecular weight is 552 g/mol. The molecule has 4 aromatic carbocycles. The van der Waals surface area contributed by atoms with Gasteiger partial charge in [-0.05, 0) is 58.9 Å². The van der Waals surface area contributed by atoms with Gasteiger partial charge >= 0.3 is 0 Å². The van der Waals surface area contributed by atoms with Gasteiger partial charge in [-0.15, -0.1) is 0 Å². The molecule has 0 unspecified atom stereocenters. The lowest BCUT2D eigenvalue weighted by Gasteiger charge is -2.41. The minimum Gasteiger partial charge on any atom is -0.339 e. The lowest BCUT2D eigenvalue weighted by atomic mass is 9.95. The smallest absolute Gasteiger partial charge is 0.240 e. The second kappa shape index (κ2) is 12.3. The van der Waals surface area contributed by atoms with Crippen molar-refractivity contribution in [3.8, 4) is 0 Å². The van der Waals surface area contributed by atoms with Gasteiger partial charge in [0.1, 0.15) is 11.6 Å². The molecular weight excluding hydrogens is 516 g/mol. The quantitative estimate of drug-likeness (QED) is 0.271. The van der Waals surface area contributed by atoms with E-state index in [0.717, 1.165) is 30.6 Å². The van der Waals surface area contributed by atoms with Crippen molar-refractivity contribution in [3.05, 3.63) is 143 Å². The van der Waals surface area contributed by atoms with Crippen molar-refractivity contribution in [2.45, 2.75) is 31.0 Å². The molecule has 4 aromatic rings. The summed E-state index contributed by atoms with van der Waals surface area (Å²) in [5.74, 6) is -0.0597. The van der Waals surface area contributed by atoms with Crippen LogP contribution in [-0.4, -0.2) is 59.4 Å². The Hall–Kier alpha value is -3.87. The number of hydrogen-bond acceptors (Lipinski definition) is 3. The third kappa shape index (κ3) is 6.24. The SMILES string of the molecule is O=C([C@@H]1C[C@@H](c2ccccc2)CN1Cc1ccccc1)N1CCN(C(c2ccc(F)cc2)c2ccc(F)cc2)CC1. The van der Waals surface area contributed by atoms with E-state index in [-0.39, 0.29) is 29.6 Å². The number of piperazine rings is 1. The molecule has 2 heterocycles. The summed E-state index contributed by atoms with van der Waals surface area (Å²) < 4.78 is 27.5. The van der Waals surface area contributed by atoms with Gasteiger partial charge in [0.2, 0.25) is 5.91 Å². The molecule has 41 heavy (non-hydrogen) atoms. The van der Waals surface area contributed by atoms with Crippen LogP contribution in [0.5, 0.6) is 0 Å². The Morgan fingerprint density at radius 3 is 1.80 bits per heavy atom. The van der Waals surface area contributed by atoms with Gasteiger partial charge in [0.15, 0.2) is 0 Å². The van der Waals surface area contributed by atoms with Crippen molar-refractivity contribution in [3.63, 3.8) is 0 Å². The maximum absolute atomic E-state index is 14.1. The minimum atomic E-state index is -0.285. The maximum Gasteiger partial charge on any atom is 0.240 e. The summed E-state index contributed by atoms with van der Waals surface area (Å²) in [6, 6.07) is 33.6. The van der Waals surface area contributed by atoms with Gasteiger partial charge in [0.25, 0.3) is 0 Å². The lowest BCUT2D eigenvalue weighted by Crippen LogP contribution is -2.54. The number of amides is 1. The van der Waals surface area contributed by atoms with E-state index in [1.165, 1.54) is 35.4 Å². The normalized spacial score (nSPS) is 20.0. The molecule has 0 spiro atoms. The highest BCUT2D eigenvalue weighted by atomic mass is 19.1. The summed E-state index contributed by atoms with van der Waals surface area (Å²) in [6.07, 6.45) is 0.809. The predicted octanol–water partition coefficient (Wildman–Crippen LogP) is 6.26. The van der Waals surface area contributed by atoms with Gasteiger partial charge in [-0.2, -0.15) is 0 Å². The minimum absolute atomic E-state index is 0.142. The molecule has 6 rings (SSSR count). The van der Waals surface area contributed by atoms with E-state index >= 15 is 0 Å². The molecule has 6 heteroatoms. The zero-order valence-corrected chi connectivity index (χ0v) is 23.1. The molecule has 0 aliphatic carbocycles. The molecule has 2 aliphatic heterocycles. The molecule has 0 saturated carbocycles. The first-order valence-corrected chi connectivity index (χ1v) is 14.4. The number of nitrogens with zero attached hydrogens (tertiary/aromatic N) is 3. The fraction of sp³-hybridized carbons (Fsp3) is 0.286. The van der Waals surface area contributed by atoms with Crippen LogP contribution in [0.15, 0.2) is 109 Å². The summed E-state index contributed by atoms with van der Waals surface area (Å²) >= 11 is 0. The zero-order chi connectivity index (χ0) is 28.2.